The highest BCUT2D eigenvalue weighted by molar-refractivity contribution is 6.00. The molecule has 3 aromatic rings. The molecule has 0 spiro atoms. The lowest BCUT2D eigenvalue weighted by Crippen LogP contribution is -1.94. The number of aryl methyl sites for hydroxylation is 3. The molecule has 0 unspecified atom stereocenters. The second-order valence-corrected chi connectivity index (χ2v) is 6.15. The fourth-order valence-corrected chi connectivity index (χ4v) is 3.72. The van der Waals surface area contributed by atoms with Gasteiger partial charge in [0, 0.05) is 5.56 Å². The van der Waals surface area contributed by atoms with Crippen LogP contribution in [0.5, 0.6) is 5.75 Å². The molecule has 0 saturated heterocycles. The maximum absolute atomic E-state index is 5.68. The van der Waals surface area contributed by atoms with Gasteiger partial charge >= 0.3 is 0 Å². The third-order valence-corrected chi connectivity index (χ3v) is 4.82. The Morgan fingerprint density at radius 2 is 1.68 bits per heavy atom. The summed E-state index contributed by atoms with van der Waals surface area (Å²) in [7, 11) is 1.76. The third kappa shape index (κ3) is 2.00. The highest BCUT2D eigenvalue weighted by atomic mass is 16.5. The van der Waals surface area contributed by atoms with Crippen LogP contribution >= 0.6 is 0 Å². The standard InChI is InChI=1S/C21H20O/c1-14-12-16-7-5-8-17(16)13-19(14)21-18-9-4-3-6-15(18)10-11-20(21)22-2/h3-4,6,9-13H,5,7-8H2,1-2H3. The van der Waals surface area contributed by atoms with Gasteiger partial charge in [0.15, 0.2) is 0 Å². The van der Waals surface area contributed by atoms with Crippen LogP contribution in [-0.2, 0) is 12.8 Å². The molecular formula is C21H20O. The summed E-state index contributed by atoms with van der Waals surface area (Å²) in [5.74, 6) is 0.958. The Bertz CT molecular complexity index is 861. The van der Waals surface area contributed by atoms with E-state index in [1.54, 1.807) is 7.11 Å². The quantitative estimate of drug-likeness (QED) is 0.620. The molecule has 0 N–H and O–H groups in total. The van der Waals surface area contributed by atoms with Crippen LogP contribution in [0.3, 0.4) is 0 Å². The lowest BCUT2D eigenvalue weighted by atomic mass is 9.91. The van der Waals surface area contributed by atoms with Crippen LogP contribution in [0.4, 0.5) is 0 Å². The number of rotatable bonds is 2. The number of methoxy groups -OCH3 is 1. The van der Waals surface area contributed by atoms with Gasteiger partial charge < -0.3 is 4.74 Å². The summed E-state index contributed by atoms with van der Waals surface area (Å²) >= 11 is 0. The van der Waals surface area contributed by atoms with E-state index in [2.05, 4.69) is 55.5 Å². The van der Waals surface area contributed by atoms with Gasteiger partial charge in [-0.1, -0.05) is 42.5 Å². The Balaban J connectivity index is 2.05. The Morgan fingerprint density at radius 3 is 2.50 bits per heavy atom. The highest BCUT2D eigenvalue weighted by Crippen LogP contribution is 2.40. The largest absolute Gasteiger partial charge is 0.496 e. The van der Waals surface area contributed by atoms with Crippen LogP contribution < -0.4 is 4.74 Å². The molecule has 0 bridgehead atoms. The first kappa shape index (κ1) is 13.4. The van der Waals surface area contributed by atoms with Crippen molar-refractivity contribution in [3.8, 4) is 16.9 Å². The fourth-order valence-electron chi connectivity index (χ4n) is 3.72. The minimum atomic E-state index is 0.958. The predicted molar refractivity (Wildman–Crippen MR) is 92.7 cm³/mol. The monoisotopic (exact) mass is 288 g/mol. The van der Waals surface area contributed by atoms with Crippen molar-refractivity contribution in [3.63, 3.8) is 0 Å². The van der Waals surface area contributed by atoms with E-state index in [0.29, 0.717) is 0 Å². The van der Waals surface area contributed by atoms with Gasteiger partial charge in [-0.05, 0) is 65.3 Å². The molecule has 0 aliphatic heterocycles. The first-order valence-corrected chi connectivity index (χ1v) is 7.96. The summed E-state index contributed by atoms with van der Waals surface area (Å²) in [6, 6.07) is 17.6. The molecule has 1 nitrogen and oxygen atoms in total. The van der Waals surface area contributed by atoms with Gasteiger partial charge in [-0.15, -0.1) is 0 Å². The molecule has 0 heterocycles. The zero-order chi connectivity index (χ0) is 15.1. The van der Waals surface area contributed by atoms with Crippen molar-refractivity contribution in [2.45, 2.75) is 26.2 Å². The molecule has 0 amide bonds. The van der Waals surface area contributed by atoms with Crippen molar-refractivity contribution in [2.24, 2.45) is 0 Å². The Hall–Kier alpha value is -2.28. The highest BCUT2D eigenvalue weighted by Gasteiger charge is 2.17. The van der Waals surface area contributed by atoms with Crippen molar-refractivity contribution in [1.82, 2.24) is 0 Å². The van der Waals surface area contributed by atoms with Gasteiger partial charge in [-0.2, -0.15) is 0 Å². The second kappa shape index (κ2) is 5.17. The lowest BCUT2D eigenvalue weighted by molar-refractivity contribution is 0.417. The summed E-state index contributed by atoms with van der Waals surface area (Å²) in [6.45, 7) is 2.22. The zero-order valence-electron chi connectivity index (χ0n) is 13.1. The zero-order valence-corrected chi connectivity index (χ0v) is 13.1. The average Bonchev–Trinajstić information content (AvgIpc) is 3.00. The molecule has 0 atom stereocenters. The van der Waals surface area contributed by atoms with Crippen molar-refractivity contribution in [3.05, 3.63) is 65.2 Å². The van der Waals surface area contributed by atoms with E-state index in [0.717, 1.165) is 5.75 Å². The fraction of sp³-hybridized carbons (Fsp3) is 0.238. The molecule has 0 radical (unpaired) electrons. The number of hydrogen-bond acceptors (Lipinski definition) is 1. The predicted octanol–water partition coefficient (Wildman–Crippen LogP) is 5.31. The topological polar surface area (TPSA) is 9.23 Å². The van der Waals surface area contributed by atoms with E-state index < -0.39 is 0 Å². The van der Waals surface area contributed by atoms with Crippen LogP contribution in [0.15, 0.2) is 48.5 Å². The average molecular weight is 288 g/mol. The minimum absolute atomic E-state index is 0.958. The second-order valence-electron chi connectivity index (χ2n) is 6.15. The number of hydrogen-bond donors (Lipinski definition) is 0. The number of fused-ring (bicyclic) bond motifs is 2. The van der Waals surface area contributed by atoms with E-state index in [9.17, 15) is 0 Å². The molecule has 22 heavy (non-hydrogen) atoms. The SMILES string of the molecule is COc1ccc2ccccc2c1-c1cc2c(cc1C)CCC2. The molecule has 110 valence electrons. The summed E-state index contributed by atoms with van der Waals surface area (Å²) in [6.07, 6.45) is 3.71. The third-order valence-electron chi connectivity index (χ3n) is 4.82. The summed E-state index contributed by atoms with van der Waals surface area (Å²) < 4.78 is 5.68. The van der Waals surface area contributed by atoms with Crippen LogP contribution in [0, 0.1) is 6.92 Å². The van der Waals surface area contributed by atoms with Crippen molar-refractivity contribution in [1.29, 1.82) is 0 Å². The maximum atomic E-state index is 5.68. The van der Waals surface area contributed by atoms with E-state index in [1.807, 2.05) is 0 Å². The van der Waals surface area contributed by atoms with Crippen molar-refractivity contribution < 1.29 is 4.74 Å². The molecule has 0 aromatic heterocycles. The van der Waals surface area contributed by atoms with Gasteiger partial charge in [0.25, 0.3) is 0 Å². The molecule has 4 rings (SSSR count). The van der Waals surface area contributed by atoms with Gasteiger partial charge in [0.2, 0.25) is 0 Å². The van der Waals surface area contributed by atoms with E-state index >= 15 is 0 Å². The van der Waals surface area contributed by atoms with Gasteiger partial charge in [0.1, 0.15) is 5.75 Å². The van der Waals surface area contributed by atoms with Crippen LogP contribution in [0.1, 0.15) is 23.1 Å². The summed E-state index contributed by atoms with van der Waals surface area (Å²) in [4.78, 5) is 0. The van der Waals surface area contributed by atoms with E-state index in [1.165, 1.54) is 57.9 Å². The molecule has 3 aromatic carbocycles. The van der Waals surface area contributed by atoms with Crippen molar-refractivity contribution in [2.75, 3.05) is 7.11 Å². The van der Waals surface area contributed by atoms with Crippen LogP contribution in [-0.4, -0.2) is 7.11 Å². The van der Waals surface area contributed by atoms with Crippen molar-refractivity contribution >= 4 is 10.8 Å². The number of benzene rings is 3. The van der Waals surface area contributed by atoms with Crippen LogP contribution in [0.2, 0.25) is 0 Å². The molecule has 1 heteroatoms. The summed E-state index contributed by atoms with van der Waals surface area (Å²) in [5.41, 5.74) is 6.92. The smallest absolute Gasteiger partial charge is 0.127 e. The van der Waals surface area contributed by atoms with E-state index in [4.69, 9.17) is 4.74 Å². The molecule has 0 fully saturated rings. The molecule has 1 aliphatic rings. The van der Waals surface area contributed by atoms with Crippen LogP contribution in [0.25, 0.3) is 21.9 Å². The Morgan fingerprint density at radius 1 is 0.909 bits per heavy atom. The van der Waals surface area contributed by atoms with Gasteiger partial charge in [-0.3, -0.25) is 0 Å². The normalized spacial score (nSPS) is 13.4. The Labute approximate surface area is 131 Å². The van der Waals surface area contributed by atoms with Gasteiger partial charge in [-0.25, -0.2) is 0 Å². The minimum Gasteiger partial charge on any atom is -0.496 e. The Kier molecular flexibility index (Phi) is 3.15. The maximum Gasteiger partial charge on any atom is 0.127 e. The first-order valence-electron chi connectivity index (χ1n) is 7.96. The molecule has 0 saturated carbocycles. The summed E-state index contributed by atoms with van der Waals surface area (Å²) in [5, 5.41) is 2.53. The molecule has 1 aliphatic carbocycles. The first-order chi connectivity index (χ1) is 10.8. The molecular weight excluding hydrogens is 268 g/mol. The van der Waals surface area contributed by atoms with Gasteiger partial charge in [0.05, 0.1) is 7.11 Å². The number of ether oxygens (including phenoxy) is 1. The lowest BCUT2D eigenvalue weighted by Gasteiger charge is -2.16. The van der Waals surface area contributed by atoms with E-state index in [-0.39, 0.29) is 0 Å².